The molecule has 2 aromatic rings. The average Bonchev–Trinajstić information content (AvgIpc) is 2.96. The van der Waals surface area contributed by atoms with Crippen LogP contribution in [0, 0.1) is 17.5 Å². The molecule has 0 aliphatic carbocycles. The van der Waals surface area contributed by atoms with Crippen LogP contribution < -0.4 is 0 Å². The van der Waals surface area contributed by atoms with Gasteiger partial charge in [-0.1, -0.05) is 30.3 Å². The lowest BCUT2D eigenvalue weighted by Crippen LogP contribution is -2.52. The highest BCUT2D eigenvalue weighted by molar-refractivity contribution is 5.69. The molecule has 28 heavy (non-hydrogen) atoms. The number of hydrogen-bond donors (Lipinski definition) is 1. The quantitative estimate of drug-likeness (QED) is 0.796. The number of carbonyl (C=O) groups is 1. The second kappa shape index (κ2) is 7.13. The highest BCUT2D eigenvalue weighted by Crippen LogP contribution is 2.46. The minimum atomic E-state index is -1.56. The molecule has 0 saturated carbocycles. The number of ether oxygens (including phenoxy) is 1. The third kappa shape index (κ3) is 3.35. The summed E-state index contributed by atoms with van der Waals surface area (Å²) in [7, 11) is 0. The number of nitrogens with zero attached hydrogens (tertiary/aromatic N) is 1. The first-order valence-corrected chi connectivity index (χ1v) is 9.24. The van der Waals surface area contributed by atoms with Gasteiger partial charge in [-0.15, -0.1) is 0 Å². The van der Waals surface area contributed by atoms with E-state index in [9.17, 15) is 23.1 Å². The van der Waals surface area contributed by atoms with Crippen molar-refractivity contribution < 1.29 is 27.8 Å². The standard InChI is InChI=1S/C21H20F3NO3/c22-17-8-14(9-18(23)19(17)24)21(27)10-15-6-7-16(11-21)25(15)20(26)28-12-13-4-2-1-3-5-13/h1-5,8-9,15-16,27H,6-7,10-12H2. The molecule has 4 nitrogen and oxygen atoms in total. The number of hydrogen-bond acceptors (Lipinski definition) is 3. The lowest BCUT2D eigenvalue weighted by molar-refractivity contribution is -0.0541. The number of benzene rings is 2. The normalized spacial score (nSPS) is 26.4. The van der Waals surface area contributed by atoms with E-state index in [2.05, 4.69) is 0 Å². The summed E-state index contributed by atoms with van der Waals surface area (Å²) in [6, 6.07) is 10.4. The molecule has 2 heterocycles. The number of aliphatic hydroxyl groups is 1. The van der Waals surface area contributed by atoms with Gasteiger partial charge in [-0.05, 0) is 36.1 Å². The van der Waals surface area contributed by atoms with Gasteiger partial charge in [0.25, 0.3) is 0 Å². The SMILES string of the molecule is O=C(OCc1ccccc1)N1C2CCC1CC(O)(c1cc(F)c(F)c(F)c1)C2. The Hall–Kier alpha value is -2.54. The zero-order valence-corrected chi connectivity index (χ0v) is 15.1. The molecule has 2 aromatic carbocycles. The summed E-state index contributed by atoms with van der Waals surface area (Å²) in [6.45, 7) is 0.147. The molecule has 2 saturated heterocycles. The van der Waals surface area contributed by atoms with E-state index in [-0.39, 0.29) is 37.1 Å². The second-order valence-electron chi connectivity index (χ2n) is 7.53. The van der Waals surface area contributed by atoms with E-state index in [1.165, 1.54) is 0 Å². The van der Waals surface area contributed by atoms with Crippen LogP contribution in [-0.2, 0) is 16.9 Å². The molecule has 1 N–H and O–H groups in total. The molecule has 0 radical (unpaired) electrons. The fourth-order valence-corrected chi connectivity index (χ4v) is 4.38. The Balaban J connectivity index is 1.49. The number of halogens is 3. The van der Waals surface area contributed by atoms with Gasteiger partial charge in [-0.3, -0.25) is 0 Å². The van der Waals surface area contributed by atoms with Gasteiger partial charge in [-0.2, -0.15) is 0 Å². The summed E-state index contributed by atoms with van der Waals surface area (Å²) in [6.07, 6.45) is 1.11. The zero-order chi connectivity index (χ0) is 19.9. The van der Waals surface area contributed by atoms with Gasteiger partial charge in [-0.25, -0.2) is 18.0 Å². The van der Waals surface area contributed by atoms with Crippen molar-refractivity contribution in [3.8, 4) is 0 Å². The van der Waals surface area contributed by atoms with Gasteiger partial charge in [0.2, 0.25) is 0 Å². The van der Waals surface area contributed by atoms with Gasteiger partial charge < -0.3 is 14.7 Å². The molecule has 0 spiro atoms. The topological polar surface area (TPSA) is 49.8 Å². The molecule has 2 unspecified atom stereocenters. The van der Waals surface area contributed by atoms with Crippen molar-refractivity contribution in [2.75, 3.05) is 0 Å². The lowest BCUT2D eigenvalue weighted by atomic mass is 9.80. The van der Waals surface area contributed by atoms with Gasteiger partial charge in [0.15, 0.2) is 17.5 Å². The van der Waals surface area contributed by atoms with Crippen molar-refractivity contribution in [3.05, 3.63) is 71.0 Å². The van der Waals surface area contributed by atoms with E-state index >= 15 is 0 Å². The number of amides is 1. The van der Waals surface area contributed by atoms with Gasteiger partial charge in [0, 0.05) is 24.9 Å². The van der Waals surface area contributed by atoms with Crippen molar-refractivity contribution in [2.24, 2.45) is 0 Å². The number of carbonyl (C=O) groups excluding carboxylic acids is 1. The summed E-state index contributed by atoms with van der Waals surface area (Å²) >= 11 is 0. The minimum Gasteiger partial charge on any atom is -0.445 e. The molecule has 2 aliphatic rings. The Morgan fingerprint density at radius 1 is 1.07 bits per heavy atom. The first-order valence-electron chi connectivity index (χ1n) is 9.24. The maximum Gasteiger partial charge on any atom is 0.410 e. The van der Waals surface area contributed by atoms with Crippen LogP contribution in [-0.4, -0.2) is 28.2 Å². The second-order valence-corrected chi connectivity index (χ2v) is 7.53. The maximum atomic E-state index is 13.6. The Morgan fingerprint density at radius 2 is 1.64 bits per heavy atom. The molecule has 2 aliphatic heterocycles. The van der Waals surface area contributed by atoms with Crippen LogP contribution in [0.5, 0.6) is 0 Å². The van der Waals surface area contributed by atoms with Crippen LogP contribution in [0.25, 0.3) is 0 Å². The molecular weight excluding hydrogens is 371 g/mol. The van der Waals surface area contributed by atoms with E-state index in [1.807, 2.05) is 30.3 Å². The third-order valence-corrected chi connectivity index (χ3v) is 5.70. The third-order valence-electron chi connectivity index (χ3n) is 5.70. The van der Waals surface area contributed by atoms with Gasteiger partial charge >= 0.3 is 6.09 Å². The Kier molecular flexibility index (Phi) is 4.79. The lowest BCUT2D eigenvalue weighted by Gasteiger charge is -2.43. The summed E-state index contributed by atoms with van der Waals surface area (Å²) in [5, 5.41) is 11.0. The van der Waals surface area contributed by atoms with Crippen molar-refractivity contribution in [1.29, 1.82) is 0 Å². The summed E-state index contributed by atoms with van der Waals surface area (Å²) in [5.41, 5.74) is -0.649. The summed E-state index contributed by atoms with van der Waals surface area (Å²) in [5.74, 6) is -4.22. The fourth-order valence-electron chi connectivity index (χ4n) is 4.38. The highest BCUT2D eigenvalue weighted by Gasteiger charge is 2.51. The molecule has 1 amide bonds. The summed E-state index contributed by atoms with van der Waals surface area (Å²) < 4.78 is 45.9. The van der Waals surface area contributed by atoms with E-state index in [0.29, 0.717) is 12.8 Å². The van der Waals surface area contributed by atoms with Crippen molar-refractivity contribution in [2.45, 2.75) is 50.0 Å². The van der Waals surface area contributed by atoms with Crippen LogP contribution in [0.3, 0.4) is 0 Å². The number of fused-ring (bicyclic) bond motifs is 2. The van der Waals surface area contributed by atoms with Crippen molar-refractivity contribution >= 4 is 6.09 Å². The zero-order valence-electron chi connectivity index (χ0n) is 15.1. The van der Waals surface area contributed by atoms with E-state index in [4.69, 9.17) is 4.74 Å². The maximum absolute atomic E-state index is 13.6. The predicted octanol–water partition coefficient (Wildman–Crippen LogP) is 4.26. The number of piperidine rings is 1. The molecule has 4 rings (SSSR count). The highest BCUT2D eigenvalue weighted by atomic mass is 19.2. The monoisotopic (exact) mass is 391 g/mol. The molecule has 148 valence electrons. The Morgan fingerprint density at radius 3 is 2.21 bits per heavy atom. The Labute approximate surface area is 160 Å². The molecule has 7 heteroatoms. The fraction of sp³-hybridized carbons (Fsp3) is 0.381. The molecular formula is C21H20F3NO3. The van der Waals surface area contributed by atoms with Gasteiger partial charge in [0.05, 0.1) is 5.60 Å². The van der Waals surface area contributed by atoms with E-state index in [0.717, 1.165) is 17.7 Å². The predicted molar refractivity (Wildman–Crippen MR) is 94.7 cm³/mol. The minimum absolute atomic E-state index is 0.00176. The molecule has 2 fully saturated rings. The van der Waals surface area contributed by atoms with Crippen LogP contribution in [0.4, 0.5) is 18.0 Å². The largest absolute Gasteiger partial charge is 0.445 e. The summed E-state index contributed by atoms with van der Waals surface area (Å²) in [4.78, 5) is 14.2. The average molecular weight is 391 g/mol. The van der Waals surface area contributed by atoms with E-state index in [1.54, 1.807) is 4.90 Å². The smallest absolute Gasteiger partial charge is 0.410 e. The van der Waals surface area contributed by atoms with Crippen molar-refractivity contribution in [3.63, 3.8) is 0 Å². The molecule has 2 atom stereocenters. The van der Waals surface area contributed by atoms with Crippen LogP contribution in [0.2, 0.25) is 0 Å². The first-order chi connectivity index (χ1) is 13.4. The van der Waals surface area contributed by atoms with E-state index < -0.39 is 29.1 Å². The Bertz CT molecular complexity index is 853. The van der Waals surface area contributed by atoms with Crippen molar-refractivity contribution in [1.82, 2.24) is 4.90 Å². The van der Waals surface area contributed by atoms with Gasteiger partial charge in [0.1, 0.15) is 6.61 Å². The number of rotatable bonds is 3. The van der Waals surface area contributed by atoms with Crippen LogP contribution in [0.1, 0.15) is 36.8 Å². The molecule has 2 bridgehead atoms. The van der Waals surface area contributed by atoms with Crippen LogP contribution in [0.15, 0.2) is 42.5 Å². The first kappa shape index (κ1) is 18.8. The molecule has 0 aromatic heterocycles. The van der Waals surface area contributed by atoms with Crippen LogP contribution >= 0.6 is 0 Å².